The van der Waals surface area contributed by atoms with Crippen LogP contribution in [0.25, 0.3) is 11.4 Å². The molecule has 8 heteroatoms. The van der Waals surface area contributed by atoms with Crippen LogP contribution in [0.1, 0.15) is 18.9 Å². The number of aromatic nitrogens is 2. The van der Waals surface area contributed by atoms with Crippen molar-refractivity contribution < 1.29 is 17.7 Å². The molecule has 0 saturated carbocycles. The summed E-state index contributed by atoms with van der Waals surface area (Å²) >= 11 is 0. The van der Waals surface area contributed by atoms with Gasteiger partial charge >= 0.3 is 0 Å². The van der Waals surface area contributed by atoms with Crippen molar-refractivity contribution in [3.8, 4) is 17.1 Å². The number of ether oxygens (including phenoxy) is 1. The molecule has 0 aliphatic heterocycles. The van der Waals surface area contributed by atoms with Crippen molar-refractivity contribution in [1.29, 1.82) is 0 Å². The van der Waals surface area contributed by atoms with Crippen molar-refractivity contribution in [2.75, 3.05) is 7.11 Å². The molecule has 0 spiro atoms. The molecule has 1 N–H and O–H groups in total. The van der Waals surface area contributed by atoms with Gasteiger partial charge in [-0.25, -0.2) is 8.42 Å². The van der Waals surface area contributed by atoms with Crippen molar-refractivity contribution in [2.24, 2.45) is 0 Å². The van der Waals surface area contributed by atoms with Gasteiger partial charge in [0.2, 0.25) is 21.7 Å². The number of hydrogen-bond donors (Lipinski definition) is 1. The topological polar surface area (TPSA) is 94.3 Å². The third-order valence-corrected chi connectivity index (χ3v) is 5.10. The van der Waals surface area contributed by atoms with Gasteiger partial charge in [-0.05, 0) is 43.3 Å². The molecule has 1 heterocycles. The quantitative estimate of drug-likeness (QED) is 0.727. The zero-order valence-corrected chi connectivity index (χ0v) is 14.5. The summed E-state index contributed by atoms with van der Waals surface area (Å²) < 4.78 is 37.5. The Labute approximate surface area is 145 Å². The third kappa shape index (κ3) is 3.86. The first-order valence-electron chi connectivity index (χ1n) is 7.55. The summed E-state index contributed by atoms with van der Waals surface area (Å²) in [5.74, 6) is 1.28. The minimum atomic E-state index is -3.67. The van der Waals surface area contributed by atoms with E-state index in [1.807, 2.05) is 0 Å². The minimum Gasteiger partial charge on any atom is -0.497 e. The number of nitrogens with zero attached hydrogens (tertiary/aromatic N) is 2. The lowest BCUT2D eigenvalue weighted by Gasteiger charge is -2.10. The highest BCUT2D eigenvalue weighted by atomic mass is 32.2. The van der Waals surface area contributed by atoms with E-state index >= 15 is 0 Å². The summed E-state index contributed by atoms with van der Waals surface area (Å²) in [6, 6.07) is 14.6. The number of rotatable bonds is 6. The van der Waals surface area contributed by atoms with Gasteiger partial charge in [-0.15, -0.1) is 0 Å². The maximum Gasteiger partial charge on any atom is 0.244 e. The van der Waals surface area contributed by atoms with Crippen LogP contribution in [0.4, 0.5) is 0 Å². The van der Waals surface area contributed by atoms with Crippen LogP contribution in [-0.2, 0) is 10.0 Å². The van der Waals surface area contributed by atoms with E-state index < -0.39 is 16.1 Å². The van der Waals surface area contributed by atoms with Gasteiger partial charge in [-0.1, -0.05) is 23.4 Å². The molecule has 0 saturated heterocycles. The fraction of sp³-hybridized carbons (Fsp3) is 0.176. The Morgan fingerprint density at radius 3 is 2.40 bits per heavy atom. The molecule has 2 aromatic carbocycles. The number of hydrogen-bond acceptors (Lipinski definition) is 6. The minimum absolute atomic E-state index is 0.178. The van der Waals surface area contributed by atoms with Crippen LogP contribution in [0.3, 0.4) is 0 Å². The third-order valence-electron chi connectivity index (χ3n) is 3.55. The predicted octanol–water partition coefficient (Wildman–Crippen LogP) is 2.78. The molecule has 0 bridgehead atoms. The van der Waals surface area contributed by atoms with Crippen LogP contribution < -0.4 is 9.46 Å². The summed E-state index contributed by atoms with van der Waals surface area (Å²) in [4.78, 5) is 4.45. The van der Waals surface area contributed by atoms with Gasteiger partial charge in [0.25, 0.3) is 0 Å². The van der Waals surface area contributed by atoms with Crippen LogP contribution in [0.2, 0.25) is 0 Å². The van der Waals surface area contributed by atoms with Gasteiger partial charge in [0.15, 0.2) is 0 Å². The fourth-order valence-corrected chi connectivity index (χ4v) is 3.44. The van der Waals surface area contributed by atoms with Gasteiger partial charge < -0.3 is 9.26 Å². The molecule has 130 valence electrons. The van der Waals surface area contributed by atoms with Gasteiger partial charge in [-0.2, -0.15) is 9.71 Å². The van der Waals surface area contributed by atoms with Crippen LogP contribution in [-0.4, -0.2) is 25.7 Å². The van der Waals surface area contributed by atoms with E-state index in [4.69, 9.17) is 9.26 Å². The molecule has 1 atom stereocenters. The van der Waals surface area contributed by atoms with E-state index in [-0.39, 0.29) is 10.8 Å². The van der Waals surface area contributed by atoms with Crippen molar-refractivity contribution >= 4 is 10.0 Å². The molecule has 7 nitrogen and oxygen atoms in total. The molecule has 0 amide bonds. The maximum absolute atomic E-state index is 12.3. The van der Waals surface area contributed by atoms with Crippen LogP contribution in [0.5, 0.6) is 5.75 Å². The molecule has 0 aliphatic rings. The molecule has 0 unspecified atom stereocenters. The monoisotopic (exact) mass is 359 g/mol. The standard InChI is InChI=1S/C17H17N3O4S/c1-12(20-25(21,22)15-6-4-3-5-7-15)17-18-16(19-24-17)13-8-10-14(23-2)11-9-13/h3-12,20H,1-2H3/t12-/m0/s1. The van der Waals surface area contributed by atoms with Gasteiger partial charge in [0.1, 0.15) is 5.75 Å². The van der Waals surface area contributed by atoms with Crippen molar-refractivity contribution in [2.45, 2.75) is 17.9 Å². The molecule has 25 heavy (non-hydrogen) atoms. The Morgan fingerprint density at radius 1 is 1.08 bits per heavy atom. The summed E-state index contributed by atoms with van der Waals surface area (Å²) in [5.41, 5.74) is 0.744. The molecular weight excluding hydrogens is 342 g/mol. The normalized spacial score (nSPS) is 12.7. The predicted molar refractivity (Wildman–Crippen MR) is 91.5 cm³/mol. The fourth-order valence-electron chi connectivity index (χ4n) is 2.22. The van der Waals surface area contributed by atoms with Gasteiger partial charge in [-0.3, -0.25) is 0 Å². The molecule has 0 radical (unpaired) electrons. The highest BCUT2D eigenvalue weighted by Gasteiger charge is 2.22. The Kier molecular flexibility index (Phi) is 4.82. The second-order valence-electron chi connectivity index (χ2n) is 5.34. The molecular formula is C17H17N3O4S. The van der Waals surface area contributed by atoms with Crippen molar-refractivity contribution in [3.05, 3.63) is 60.5 Å². The van der Waals surface area contributed by atoms with Crippen LogP contribution >= 0.6 is 0 Å². The van der Waals surface area contributed by atoms with Crippen molar-refractivity contribution in [1.82, 2.24) is 14.9 Å². The lowest BCUT2D eigenvalue weighted by atomic mass is 10.2. The zero-order valence-electron chi connectivity index (χ0n) is 13.7. The van der Waals surface area contributed by atoms with Crippen LogP contribution in [0, 0.1) is 0 Å². The van der Waals surface area contributed by atoms with E-state index in [1.165, 1.54) is 12.1 Å². The first-order chi connectivity index (χ1) is 12.0. The Hall–Kier alpha value is -2.71. The first-order valence-corrected chi connectivity index (χ1v) is 9.03. The largest absolute Gasteiger partial charge is 0.497 e. The second kappa shape index (κ2) is 7.04. The van der Waals surface area contributed by atoms with E-state index in [0.717, 1.165) is 11.3 Å². The summed E-state index contributed by atoms with van der Waals surface area (Å²) in [6.45, 7) is 1.64. The molecule has 3 aromatic rings. The smallest absolute Gasteiger partial charge is 0.244 e. The Bertz CT molecular complexity index is 938. The maximum atomic E-state index is 12.3. The molecule has 3 rings (SSSR count). The average Bonchev–Trinajstić information content (AvgIpc) is 3.12. The highest BCUT2D eigenvalue weighted by molar-refractivity contribution is 7.89. The zero-order chi connectivity index (χ0) is 17.9. The second-order valence-corrected chi connectivity index (χ2v) is 7.05. The Balaban J connectivity index is 1.77. The van der Waals surface area contributed by atoms with Crippen LogP contribution in [0.15, 0.2) is 64.0 Å². The van der Waals surface area contributed by atoms with E-state index in [1.54, 1.807) is 56.5 Å². The number of nitrogens with one attached hydrogen (secondary N) is 1. The molecule has 0 fully saturated rings. The number of benzene rings is 2. The lowest BCUT2D eigenvalue weighted by molar-refractivity contribution is 0.354. The van der Waals surface area contributed by atoms with E-state index in [9.17, 15) is 8.42 Å². The molecule has 0 aliphatic carbocycles. The first kappa shape index (κ1) is 17.1. The SMILES string of the molecule is COc1ccc(-c2noc([C@H](C)NS(=O)(=O)c3ccccc3)n2)cc1. The Morgan fingerprint density at radius 2 is 1.76 bits per heavy atom. The summed E-state index contributed by atoms with van der Waals surface area (Å²) in [5, 5.41) is 3.90. The molecule has 1 aromatic heterocycles. The van der Waals surface area contributed by atoms with E-state index in [0.29, 0.717) is 5.82 Å². The number of methoxy groups -OCH3 is 1. The lowest BCUT2D eigenvalue weighted by Crippen LogP contribution is -2.27. The van der Waals surface area contributed by atoms with E-state index in [2.05, 4.69) is 14.9 Å². The average molecular weight is 359 g/mol. The van der Waals surface area contributed by atoms with Gasteiger partial charge in [0, 0.05) is 5.56 Å². The summed E-state index contributed by atoms with van der Waals surface area (Å²) in [6.07, 6.45) is 0. The summed E-state index contributed by atoms with van der Waals surface area (Å²) in [7, 11) is -2.08. The highest BCUT2D eigenvalue weighted by Crippen LogP contribution is 2.22. The van der Waals surface area contributed by atoms with Gasteiger partial charge in [0.05, 0.1) is 18.0 Å². The number of sulfonamides is 1. The van der Waals surface area contributed by atoms with Crippen molar-refractivity contribution in [3.63, 3.8) is 0 Å².